The van der Waals surface area contributed by atoms with Crippen molar-refractivity contribution in [3.05, 3.63) is 71.3 Å². The topological polar surface area (TPSA) is 70.6 Å². The summed E-state index contributed by atoms with van der Waals surface area (Å²) >= 11 is 0. The Morgan fingerprint density at radius 3 is 2.82 bits per heavy atom. The van der Waals surface area contributed by atoms with Gasteiger partial charge in [0.15, 0.2) is 17.0 Å². The number of anilines is 2. The average molecular weight is 438 g/mol. The zero-order chi connectivity index (χ0) is 22.7. The molecule has 1 fully saturated rings. The molecule has 1 unspecified atom stereocenters. The number of fused-ring (bicyclic) bond motifs is 3. The second-order valence-electron chi connectivity index (χ2n) is 9.92. The fourth-order valence-electron chi connectivity index (χ4n) is 6.21. The highest BCUT2D eigenvalue weighted by Crippen LogP contribution is 2.50. The van der Waals surface area contributed by atoms with Crippen LogP contribution in [0.2, 0.25) is 0 Å². The lowest BCUT2D eigenvalue weighted by Crippen LogP contribution is -2.27. The van der Waals surface area contributed by atoms with Gasteiger partial charge in [0.2, 0.25) is 0 Å². The van der Waals surface area contributed by atoms with Crippen molar-refractivity contribution in [2.75, 3.05) is 11.4 Å². The fourth-order valence-corrected chi connectivity index (χ4v) is 6.21. The molecule has 0 bridgehead atoms. The summed E-state index contributed by atoms with van der Waals surface area (Å²) in [6, 6.07) is 12.6. The number of H-pyrrole nitrogens is 1. The van der Waals surface area contributed by atoms with Crippen molar-refractivity contribution in [3.63, 3.8) is 0 Å². The van der Waals surface area contributed by atoms with Crippen molar-refractivity contribution >= 4 is 22.7 Å². The largest absolute Gasteiger partial charge is 0.321 e. The second-order valence-corrected chi connectivity index (χ2v) is 9.92. The lowest BCUT2D eigenvalue weighted by molar-refractivity contribution is 0.185. The van der Waals surface area contributed by atoms with Gasteiger partial charge in [-0.25, -0.2) is 9.97 Å². The summed E-state index contributed by atoms with van der Waals surface area (Å²) in [6.07, 6.45) is 11.1. The van der Waals surface area contributed by atoms with Crippen molar-refractivity contribution in [2.24, 2.45) is 5.41 Å². The summed E-state index contributed by atoms with van der Waals surface area (Å²) in [6.45, 7) is 0.906. The van der Waals surface area contributed by atoms with Gasteiger partial charge in [-0.2, -0.15) is 5.10 Å². The zero-order valence-electron chi connectivity index (χ0n) is 19.7. The minimum atomic E-state index is -0.102. The Bertz CT molecular complexity index is 1370. The third-order valence-corrected chi connectivity index (χ3v) is 7.94. The van der Waals surface area contributed by atoms with E-state index >= 15 is 0 Å². The molecule has 0 radical (unpaired) electrons. The van der Waals surface area contributed by atoms with Crippen LogP contribution in [0.1, 0.15) is 61.9 Å². The van der Waals surface area contributed by atoms with E-state index in [1.165, 1.54) is 11.1 Å². The van der Waals surface area contributed by atoms with E-state index in [9.17, 15) is 0 Å². The maximum atomic E-state index is 8.94. The Morgan fingerprint density at radius 1 is 1.06 bits per heavy atom. The van der Waals surface area contributed by atoms with E-state index in [-0.39, 0.29) is 11.8 Å². The van der Waals surface area contributed by atoms with Crippen LogP contribution in [0, 0.1) is 5.41 Å². The predicted molar refractivity (Wildman–Crippen MR) is 129 cm³/mol. The summed E-state index contributed by atoms with van der Waals surface area (Å²) < 4.78 is 8.94. The number of benzene rings is 1. The van der Waals surface area contributed by atoms with Crippen LogP contribution in [0.15, 0.2) is 48.8 Å². The molecule has 0 amide bonds. The Morgan fingerprint density at radius 2 is 1.94 bits per heavy atom. The second kappa shape index (κ2) is 7.37. The summed E-state index contributed by atoms with van der Waals surface area (Å²) in [5.74, 6) is 1.23. The van der Waals surface area contributed by atoms with Crippen LogP contribution in [0.5, 0.6) is 0 Å². The molecule has 1 aromatic carbocycles. The van der Waals surface area contributed by atoms with Crippen molar-refractivity contribution in [1.82, 2.24) is 25.1 Å². The number of pyridine rings is 1. The summed E-state index contributed by atoms with van der Waals surface area (Å²) in [4.78, 5) is 16.6. The molecule has 33 heavy (non-hydrogen) atoms. The van der Waals surface area contributed by atoms with Gasteiger partial charge in [-0.05, 0) is 80.0 Å². The van der Waals surface area contributed by atoms with Crippen LogP contribution in [-0.4, -0.2) is 31.7 Å². The SMILES string of the molecule is [2H]C1c2ccccc2CC12CCC(c1cnc3c(N4CCCc5ncccc54)n[nH]c3n1)CC2. The number of nitrogens with zero attached hydrogens (tertiary/aromatic N) is 5. The first-order valence-electron chi connectivity index (χ1n) is 12.7. The lowest BCUT2D eigenvalue weighted by Gasteiger charge is -2.37. The Balaban J connectivity index is 1.13. The molecular formula is C27H28N6. The molecule has 1 N–H and O–H groups in total. The number of nitrogens with one attached hydrogen (secondary N) is 1. The van der Waals surface area contributed by atoms with Crippen LogP contribution in [-0.2, 0) is 19.2 Å². The molecule has 7 rings (SSSR count). The van der Waals surface area contributed by atoms with Crippen molar-refractivity contribution in [2.45, 2.75) is 57.3 Å². The van der Waals surface area contributed by atoms with Crippen LogP contribution in [0.25, 0.3) is 11.2 Å². The van der Waals surface area contributed by atoms with Gasteiger partial charge < -0.3 is 4.90 Å². The first-order valence-corrected chi connectivity index (χ1v) is 12.1. The predicted octanol–water partition coefficient (Wildman–Crippen LogP) is 5.28. The molecule has 1 saturated carbocycles. The average Bonchev–Trinajstić information content (AvgIpc) is 3.43. The van der Waals surface area contributed by atoms with Crippen LogP contribution in [0.3, 0.4) is 0 Å². The number of aromatic amines is 1. The molecule has 1 aliphatic heterocycles. The smallest absolute Gasteiger partial charge is 0.183 e. The monoisotopic (exact) mass is 437 g/mol. The normalized spacial score (nSPS) is 26.9. The molecule has 6 nitrogen and oxygen atoms in total. The Hall–Kier alpha value is -3.28. The van der Waals surface area contributed by atoms with E-state index in [0.29, 0.717) is 5.92 Å². The van der Waals surface area contributed by atoms with Gasteiger partial charge in [0.05, 0.1) is 17.1 Å². The quantitative estimate of drug-likeness (QED) is 0.462. The number of hydrogen-bond acceptors (Lipinski definition) is 5. The molecule has 6 heteroatoms. The third kappa shape index (κ3) is 3.15. The highest BCUT2D eigenvalue weighted by molar-refractivity contribution is 5.86. The lowest BCUT2D eigenvalue weighted by atomic mass is 9.68. The van der Waals surface area contributed by atoms with Gasteiger partial charge >= 0.3 is 0 Å². The maximum absolute atomic E-state index is 8.94. The van der Waals surface area contributed by atoms with E-state index in [4.69, 9.17) is 11.3 Å². The summed E-state index contributed by atoms with van der Waals surface area (Å²) in [7, 11) is 0. The first kappa shape index (κ1) is 18.2. The van der Waals surface area contributed by atoms with E-state index in [2.05, 4.69) is 50.4 Å². The van der Waals surface area contributed by atoms with Gasteiger partial charge in [0, 0.05) is 26.2 Å². The molecule has 1 spiro atoms. The number of aromatic nitrogens is 5. The Labute approximate surface area is 194 Å². The molecule has 3 aliphatic rings. The van der Waals surface area contributed by atoms with E-state index in [1.54, 1.807) is 0 Å². The first-order chi connectivity index (χ1) is 16.7. The van der Waals surface area contributed by atoms with Crippen LogP contribution >= 0.6 is 0 Å². The Kier molecular flexibility index (Phi) is 4.06. The highest BCUT2D eigenvalue weighted by Gasteiger charge is 2.40. The van der Waals surface area contributed by atoms with Crippen molar-refractivity contribution < 1.29 is 1.37 Å². The molecule has 0 saturated heterocycles. The van der Waals surface area contributed by atoms with Crippen LogP contribution < -0.4 is 4.90 Å². The molecule has 2 aliphatic carbocycles. The summed E-state index contributed by atoms with van der Waals surface area (Å²) in [5.41, 5.74) is 7.58. The molecule has 4 aromatic rings. The maximum Gasteiger partial charge on any atom is 0.183 e. The van der Waals surface area contributed by atoms with E-state index in [0.717, 1.165) is 85.5 Å². The standard InChI is InChI=1S/C27H28N6/c1-2-6-20-16-27(15-19(20)5-1)11-9-18(10-12-27)22-17-29-24-25(30-22)31-32-26(24)33-14-4-7-21-23(33)8-3-13-28-21/h1-3,5-6,8,13,17-18H,4,7,9-12,14-16H2,(H,30,31,32)/i15D. The van der Waals surface area contributed by atoms with Crippen molar-refractivity contribution in [1.29, 1.82) is 0 Å². The minimum absolute atomic E-state index is 0.0918. The fraction of sp³-hybridized carbons (Fsp3) is 0.407. The molecule has 166 valence electrons. The molecule has 1 atom stereocenters. The van der Waals surface area contributed by atoms with E-state index in [1.807, 2.05) is 18.5 Å². The zero-order valence-corrected chi connectivity index (χ0v) is 18.7. The van der Waals surface area contributed by atoms with Gasteiger partial charge in [-0.1, -0.05) is 24.3 Å². The molecule has 3 aromatic heterocycles. The van der Waals surface area contributed by atoms with Gasteiger partial charge in [-0.3, -0.25) is 10.1 Å². The van der Waals surface area contributed by atoms with Crippen molar-refractivity contribution in [3.8, 4) is 0 Å². The van der Waals surface area contributed by atoms with Gasteiger partial charge in [-0.15, -0.1) is 0 Å². The molecular weight excluding hydrogens is 408 g/mol. The minimum Gasteiger partial charge on any atom is -0.321 e. The van der Waals surface area contributed by atoms with Crippen LogP contribution in [0.4, 0.5) is 11.5 Å². The number of rotatable bonds is 2. The third-order valence-electron chi connectivity index (χ3n) is 7.94. The summed E-state index contributed by atoms with van der Waals surface area (Å²) in [5, 5.41) is 7.77. The van der Waals surface area contributed by atoms with E-state index < -0.39 is 0 Å². The van der Waals surface area contributed by atoms with Gasteiger partial charge in [0.1, 0.15) is 0 Å². The highest BCUT2D eigenvalue weighted by atomic mass is 15.3. The van der Waals surface area contributed by atoms with Gasteiger partial charge in [0.25, 0.3) is 0 Å². The number of aryl methyl sites for hydroxylation is 1. The molecule has 4 heterocycles. The number of hydrogen-bond donors (Lipinski definition) is 1.